The van der Waals surface area contributed by atoms with Gasteiger partial charge in [-0.15, -0.1) is 0 Å². The average molecular weight is 230 g/mol. The molecule has 0 amide bonds. The SMILES string of the molecule is C=C/C(NS(C)(=O)=O)=C(\C=C/C)C(C)N. The van der Waals surface area contributed by atoms with Crippen molar-refractivity contribution in [3.8, 4) is 0 Å². The van der Waals surface area contributed by atoms with Gasteiger partial charge in [0.1, 0.15) is 0 Å². The number of nitrogens with two attached hydrogens (primary N) is 1. The van der Waals surface area contributed by atoms with E-state index in [9.17, 15) is 8.42 Å². The largest absolute Gasteiger partial charge is 0.324 e. The Balaban J connectivity index is 5.33. The Morgan fingerprint density at radius 3 is 2.33 bits per heavy atom. The first kappa shape index (κ1) is 13.9. The molecule has 3 N–H and O–H groups in total. The molecular weight excluding hydrogens is 212 g/mol. The van der Waals surface area contributed by atoms with Crippen molar-refractivity contribution in [1.82, 2.24) is 4.72 Å². The Bertz CT molecular complexity index is 378. The molecule has 15 heavy (non-hydrogen) atoms. The van der Waals surface area contributed by atoms with Gasteiger partial charge in [-0.1, -0.05) is 18.7 Å². The predicted octanol–water partition coefficient (Wildman–Crippen LogP) is 0.899. The van der Waals surface area contributed by atoms with Gasteiger partial charge in [-0.25, -0.2) is 8.42 Å². The van der Waals surface area contributed by atoms with Crippen molar-refractivity contribution in [1.29, 1.82) is 0 Å². The number of hydrogen-bond donors (Lipinski definition) is 2. The Kier molecular flexibility index (Phi) is 5.32. The number of nitrogens with one attached hydrogen (secondary N) is 1. The summed E-state index contributed by atoms with van der Waals surface area (Å²) in [4.78, 5) is 0. The zero-order valence-electron chi connectivity index (χ0n) is 9.32. The topological polar surface area (TPSA) is 72.2 Å². The van der Waals surface area contributed by atoms with Crippen LogP contribution in [0.2, 0.25) is 0 Å². The van der Waals surface area contributed by atoms with Crippen LogP contribution in [0.15, 0.2) is 36.1 Å². The van der Waals surface area contributed by atoms with Crippen molar-refractivity contribution < 1.29 is 8.42 Å². The lowest BCUT2D eigenvalue weighted by Gasteiger charge is -2.13. The molecule has 0 aromatic carbocycles. The molecule has 0 spiro atoms. The summed E-state index contributed by atoms with van der Waals surface area (Å²) in [5.74, 6) is 0. The summed E-state index contributed by atoms with van der Waals surface area (Å²) in [6.07, 6.45) is 6.09. The molecule has 4 nitrogen and oxygen atoms in total. The zero-order valence-corrected chi connectivity index (χ0v) is 10.1. The second kappa shape index (κ2) is 5.72. The van der Waals surface area contributed by atoms with Crippen LogP contribution in [-0.2, 0) is 10.0 Å². The van der Waals surface area contributed by atoms with Gasteiger partial charge in [0, 0.05) is 6.04 Å². The van der Waals surface area contributed by atoms with E-state index in [2.05, 4.69) is 11.3 Å². The maximum Gasteiger partial charge on any atom is 0.229 e. The summed E-state index contributed by atoms with van der Waals surface area (Å²) in [6.45, 7) is 7.17. The molecule has 0 heterocycles. The number of sulfonamides is 1. The fraction of sp³-hybridized carbons (Fsp3) is 0.400. The van der Waals surface area contributed by atoms with Gasteiger partial charge in [0.15, 0.2) is 0 Å². The van der Waals surface area contributed by atoms with Gasteiger partial charge in [-0.3, -0.25) is 4.72 Å². The van der Waals surface area contributed by atoms with Gasteiger partial charge in [0.05, 0.1) is 12.0 Å². The third kappa shape index (κ3) is 5.39. The highest BCUT2D eigenvalue weighted by Gasteiger charge is 2.09. The summed E-state index contributed by atoms with van der Waals surface area (Å²) in [6, 6.07) is -0.261. The summed E-state index contributed by atoms with van der Waals surface area (Å²) >= 11 is 0. The fourth-order valence-corrected chi connectivity index (χ4v) is 1.69. The second-order valence-electron chi connectivity index (χ2n) is 3.24. The Morgan fingerprint density at radius 2 is 2.07 bits per heavy atom. The van der Waals surface area contributed by atoms with Crippen molar-refractivity contribution in [3.63, 3.8) is 0 Å². The highest BCUT2D eigenvalue weighted by molar-refractivity contribution is 7.88. The van der Waals surface area contributed by atoms with E-state index in [1.165, 1.54) is 6.08 Å². The van der Waals surface area contributed by atoms with Crippen LogP contribution >= 0.6 is 0 Å². The monoisotopic (exact) mass is 230 g/mol. The van der Waals surface area contributed by atoms with Crippen molar-refractivity contribution in [3.05, 3.63) is 36.1 Å². The molecule has 5 heteroatoms. The predicted molar refractivity (Wildman–Crippen MR) is 63.7 cm³/mol. The molecular formula is C10H18N2O2S. The maximum atomic E-state index is 11.1. The zero-order chi connectivity index (χ0) is 12.1. The van der Waals surface area contributed by atoms with Crippen LogP contribution in [0, 0.1) is 0 Å². The first-order valence-electron chi connectivity index (χ1n) is 4.54. The van der Waals surface area contributed by atoms with E-state index in [0.29, 0.717) is 11.3 Å². The van der Waals surface area contributed by atoms with Crippen molar-refractivity contribution in [2.75, 3.05) is 6.26 Å². The van der Waals surface area contributed by atoms with E-state index in [0.717, 1.165) is 6.26 Å². The molecule has 0 saturated carbocycles. The van der Waals surface area contributed by atoms with Gasteiger partial charge in [0.2, 0.25) is 10.0 Å². The Labute approximate surface area is 91.6 Å². The summed E-state index contributed by atoms with van der Waals surface area (Å²) < 4.78 is 24.5. The van der Waals surface area contributed by atoms with Crippen LogP contribution < -0.4 is 10.5 Å². The standard InChI is InChI=1S/C10H18N2O2S/c1-5-7-9(8(3)11)10(6-2)12-15(4,13)14/h5-8,12H,2,11H2,1,3-4H3/b7-5-,10-9-. The van der Waals surface area contributed by atoms with E-state index in [1.54, 1.807) is 19.1 Å². The van der Waals surface area contributed by atoms with Crippen molar-refractivity contribution >= 4 is 10.0 Å². The van der Waals surface area contributed by atoms with Crippen LogP contribution in [0.25, 0.3) is 0 Å². The molecule has 1 atom stereocenters. The minimum atomic E-state index is -3.30. The highest BCUT2D eigenvalue weighted by atomic mass is 32.2. The van der Waals surface area contributed by atoms with E-state index < -0.39 is 10.0 Å². The Hall–Kier alpha value is -1.07. The lowest BCUT2D eigenvalue weighted by Crippen LogP contribution is -2.26. The molecule has 0 aliphatic rings. The number of rotatable bonds is 5. The van der Waals surface area contributed by atoms with Crippen LogP contribution in [0.5, 0.6) is 0 Å². The van der Waals surface area contributed by atoms with E-state index in [-0.39, 0.29) is 6.04 Å². The molecule has 0 aromatic heterocycles. The van der Waals surface area contributed by atoms with Crippen molar-refractivity contribution in [2.45, 2.75) is 19.9 Å². The van der Waals surface area contributed by atoms with Crippen LogP contribution in [0.1, 0.15) is 13.8 Å². The number of hydrogen-bond acceptors (Lipinski definition) is 3. The smallest absolute Gasteiger partial charge is 0.229 e. The molecule has 0 aliphatic heterocycles. The lowest BCUT2D eigenvalue weighted by molar-refractivity contribution is 0.595. The molecule has 86 valence electrons. The maximum absolute atomic E-state index is 11.1. The Morgan fingerprint density at radius 1 is 1.53 bits per heavy atom. The van der Waals surface area contributed by atoms with Gasteiger partial charge in [-0.2, -0.15) is 0 Å². The van der Waals surface area contributed by atoms with Gasteiger partial charge >= 0.3 is 0 Å². The minimum Gasteiger partial charge on any atom is -0.324 e. The normalized spacial score (nSPS) is 16.0. The molecule has 0 radical (unpaired) electrons. The van der Waals surface area contributed by atoms with Gasteiger partial charge in [-0.05, 0) is 25.5 Å². The summed E-state index contributed by atoms with van der Waals surface area (Å²) in [7, 11) is -3.30. The number of allylic oxidation sites excluding steroid dienone is 2. The summed E-state index contributed by atoms with van der Waals surface area (Å²) in [5.41, 5.74) is 6.85. The van der Waals surface area contributed by atoms with Crippen molar-refractivity contribution in [2.24, 2.45) is 5.73 Å². The van der Waals surface area contributed by atoms with Crippen LogP contribution in [-0.4, -0.2) is 20.7 Å². The molecule has 0 aromatic rings. The van der Waals surface area contributed by atoms with Gasteiger partial charge < -0.3 is 5.73 Å². The molecule has 0 saturated heterocycles. The van der Waals surface area contributed by atoms with Crippen LogP contribution in [0.3, 0.4) is 0 Å². The first-order valence-corrected chi connectivity index (χ1v) is 6.43. The third-order valence-corrected chi connectivity index (χ3v) is 2.24. The van der Waals surface area contributed by atoms with E-state index in [4.69, 9.17) is 5.73 Å². The minimum absolute atomic E-state index is 0.261. The average Bonchev–Trinajstić information content (AvgIpc) is 2.08. The molecule has 0 bridgehead atoms. The van der Waals surface area contributed by atoms with E-state index in [1.807, 2.05) is 6.92 Å². The second-order valence-corrected chi connectivity index (χ2v) is 4.98. The lowest BCUT2D eigenvalue weighted by atomic mass is 10.1. The highest BCUT2D eigenvalue weighted by Crippen LogP contribution is 2.09. The third-order valence-electron chi connectivity index (χ3n) is 1.65. The molecule has 0 fully saturated rings. The van der Waals surface area contributed by atoms with E-state index >= 15 is 0 Å². The van der Waals surface area contributed by atoms with Gasteiger partial charge in [0.25, 0.3) is 0 Å². The fourth-order valence-electron chi connectivity index (χ4n) is 1.08. The quantitative estimate of drug-likeness (QED) is 0.689. The molecule has 0 rings (SSSR count). The molecule has 0 aliphatic carbocycles. The molecule has 1 unspecified atom stereocenters. The summed E-state index contributed by atoms with van der Waals surface area (Å²) in [5, 5.41) is 0. The van der Waals surface area contributed by atoms with Crippen LogP contribution in [0.4, 0.5) is 0 Å². The first-order chi connectivity index (χ1) is 6.81.